The molecule has 0 saturated carbocycles. The Morgan fingerprint density at radius 2 is 1.55 bits per heavy atom. The van der Waals surface area contributed by atoms with Crippen LogP contribution < -0.4 is 5.32 Å². The van der Waals surface area contributed by atoms with E-state index in [0.717, 1.165) is 36.4 Å². The van der Waals surface area contributed by atoms with Crippen molar-refractivity contribution < 1.29 is 17.6 Å². The molecule has 20 heavy (non-hydrogen) atoms. The van der Waals surface area contributed by atoms with Crippen LogP contribution in [0, 0.1) is 23.3 Å². The monoisotopic (exact) mass is 283 g/mol. The molecule has 0 bridgehead atoms. The first kappa shape index (κ1) is 14.5. The molecule has 2 aromatic rings. The van der Waals surface area contributed by atoms with E-state index in [1.807, 2.05) is 0 Å². The molecule has 0 aliphatic carbocycles. The van der Waals surface area contributed by atoms with Gasteiger partial charge in [-0.3, -0.25) is 0 Å². The predicted octanol–water partition coefficient (Wildman–Crippen LogP) is 3.94. The molecule has 0 spiro atoms. The zero-order chi connectivity index (χ0) is 14.7. The minimum absolute atomic E-state index is 0.0110. The third-order valence-electron chi connectivity index (χ3n) is 2.90. The maximum atomic E-state index is 13.8. The first-order valence-corrected chi connectivity index (χ1v) is 6.15. The third-order valence-corrected chi connectivity index (χ3v) is 2.90. The minimum atomic E-state index is -0.819. The van der Waals surface area contributed by atoms with Crippen LogP contribution in [-0.2, 0) is 0 Å². The Morgan fingerprint density at radius 1 is 0.900 bits per heavy atom. The van der Waals surface area contributed by atoms with Crippen molar-refractivity contribution in [2.75, 3.05) is 6.54 Å². The van der Waals surface area contributed by atoms with Gasteiger partial charge in [0.05, 0.1) is 6.04 Å². The summed E-state index contributed by atoms with van der Waals surface area (Å²) in [4.78, 5) is 0. The van der Waals surface area contributed by atoms with Crippen molar-refractivity contribution in [3.8, 4) is 0 Å². The summed E-state index contributed by atoms with van der Waals surface area (Å²) in [6.07, 6.45) is 0. The molecule has 0 fully saturated rings. The van der Waals surface area contributed by atoms with E-state index in [1.54, 1.807) is 6.92 Å². The lowest BCUT2D eigenvalue weighted by atomic mass is 9.97. The number of benzene rings is 2. The molecule has 0 aliphatic heterocycles. The highest BCUT2D eigenvalue weighted by Crippen LogP contribution is 2.26. The minimum Gasteiger partial charge on any atom is -0.306 e. The van der Waals surface area contributed by atoms with E-state index in [0.29, 0.717) is 6.54 Å². The maximum absolute atomic E-state index is 13.8. The molecule has 106 valence electrons. The van der Waals surface area contributed by atoms with Crippen LogP contribution in [-0.4, -0.2) is 6.54 Å². The quantitative estimate of drug-likeness (QED) is 0.838. The van der Waals surface area contributed by atoms with Crippen molar-refractivity contribution in [2.45, 2.75) is 13.0 Å². The first-order valence-electron chi connectivity index (χ1n) is 6.15. The molecule has 2 rings (SSSR count). The highest BCUT2D eigenvalue weighted by Gasteiger charge is 2.19. The lowest BCUT2D eigenvalue weighted by Crippen LogP contribution is -2.23. The standard InChI is InChI=1S/C15H13F4N/c1-2-20-15(9-5-11(17)7-12(18)6-9)13-8-10(16)3-4-14(13)19/h3-8,15,20H,2H2,1H3. The van der Waals surface area contributed by atoms with E-state index in [4.69, 9.17) is 0 Å². The molecule has 1 N–H and O–H groups in total. The average Bonchev–Trinajstić information content (AvgIpc) is 2.38. The van der Waals surface area contributed by atoms with Gasteiger partial charge in [0.1, 0.15) is 23.3 Å². The van der Waals surface area contributed by atoms with Gasteiger partial charge >= 0.3 is 0 Å². The summed E-state index contributed by atoms with van der Waals surface area (Å²) in [6.45, 7) is 2.19. The first-order chi connectivity index (χ1) is 9.51. The lowest BCUT2D eigenvalue weighted by molar-refractivity contribution is 0.534. The fourth-order valence-corrected chi connectivity index (χ4v) is 2.09. The van der Waals surface area contributed by atoms with Crippen LogP contribution in [0.5, 0.6) is 0 Å². The molecule has 1 unspecified atom stereocenters. The topological polar surface area (TPSA) is 12.0 Å². The summed E-state index contributed by atoms with van der Waals surface area (Å²) in [5.74, 6) is -2.78. The van der Waals surface area contributed by atoms with E-state index in [2.05, 4.69) is 5.32 Å². The zero-order valence-electron chi connectivity index (χ0n) is 10.8. The summed E-state index contributed by atoms with van der Waals surface area (Å²) in [5, 5.41) is 2.90. The molecule has 5 heteroatoms. The van der Waals surface area contributed by atoms with E-state index in [1.165, 1.54) is 0 Å². The van der Waals surface area contributed by atoms with Crippen molar-refractivity contribution in [1.82, 2.24) is 5.32 Å². The van der Waals surface area contributed by atoms with Crippen LogP contribution in [0.1, 0.15) is 24.1 Å². The molecule has 0 aromatic heterocycles. The Kier molecular flexibility index (Phi) is 4.39. The summed E-state index contributed by atoms with van der Waals surface area (Å²) >= 11 is 0. The zero-order valence-corrected chi connectivity index (χ0v) is 10.8. The molecule has 2 aromatic carbocycles. The molecular weight excluding hydrogens is 270 g/mol. The third kappa shape index (κ3) is 3.17. The van der Waals surface area contributed by atoms with Crippen LogP contribution in [0.25, 0.3) is 0 Å². The van der Waals surface area contributed by atoms with Gasteiger partial charge < -0.3 is 5.32 Å². The highest BCUT2D eigenvalue weighted by atomic mass is 19.1. The molecule has 0 heterocycles. The van der Waals surface area contributed by atoms with Gasteiger partial charge in [0.2, 0.25) is 0 Å². The number of hydrogen-bond donors (Lipinski definition) is 1. The lowest BCUT2D eigenvalue weighted by Gasteiger charge is -2.20. The number of halogens is 4. The fraction of sp³-hybridized carbons (Fsp3) is 0.200. The van der Waals surface area contributed by atoms with Crippen LogP contribution in [0.4, 0.5) is 17.6 Å². The van der Waals surface area contributed by atoms with Gasteiger partial charge in [0.15, 0.2) is 0 Å². The van der Waals surface area contributed by atoms with Crippen LogP contribution in [0.15, 0.2) is 36.4 Å². The Morgan fingerprint density at radius 3 is 2.15 bits per heavy atom. The second-order valence-corrected chi connectivity index (χ2v) is 4.36. The second kappa shape index (κ2) is 6.05. The Balaban J connectivity index is 2.52. The molecule has 1 nitrogen and oxygen atoms in total. The summed E-state index contributed by atoms with van der Waals surface area (Å²) in [6, 6.07) is 5.11. The van der Waals surface area contributed by atoms with E-state index < -0.39 is 29.3 Å². The number of hydrogen-bond acceptors (Lipinski definition) is 1. The van der Waals surface area contributed by atoms with Crippen molar-refractivity contribution >= 4 is 0 Å². The highest BCUT2D eigenvalue weighted by molar-refractivity contribution is 5.33. The van der Waals surface area contributed by atoms with E-state index >= 15 is 0 Å². The average molecular weight is 283 g/mol. The Hall–Kier alpha value is -1.88. The number of rotatable bonds is 4. The van der Waals surface area contributed by atoms with Gasteiger partial charge in [-0.15, -0.1) is 0 Å². The maximum Gasteiger partial charge on any atom is 0.128 e. The Labute approximate surface area is 114 Å². The fourth-order valence-electron chi connectivity index (χ4n) is 2.09. The largest absolute Gasteiger partial charge is 0.306 e. The molecule has 0 amide bonds. The van der Waals surface area contributed by atoms with E-state index in [9.17, 15) is 17.6 Å². The molecule has 0 radical (unpaired) electrons. The van der Waals surface area contributed by atoms with Crippen LogP contribution >= 0.6 is 0 Å². The van der Waals surface area contributed by atoms with Gasteiger partial charge in [-0.2, -0.15) is 0 Å². The van der Waals surface area contributed by atoms with Crippen molar-refractivity contribution in [3.05, 3.63) is 70.8 Å². The van der Waals surface area contributed by atoms with Gasteiger partial charge in [0, 0.05) is 11.6 Å². The van der Waals surface area contributed by atoms with Crippen LogP contribution in [0.2, 0.25) is 0 Å². The Bertz CT molecular complexity index is 593. The van der Waals surface area contributed by atoms with Crippen molar-refractivity contribution in [2.24, 2.45) is 0 Å². The van der Waals surface area contributed by atoms with Crippen molar-refractivity contribution in [1.29, 1.82) is 0 Å². The summed E-state index contributed by atoms with van der Waals surface area (Å²) in [7, 11) is 0. The predicted molar refractivity (Wildman–Crippen MR) is 68.2 cm³/mol. The molecule has 1 atom stereocenters. The van der Waals surface area contributed by atoms with Gasteiger partial charge in [-0.1, -0.05) is 6.92 Å². The van der Waals surface area contributed by atoms with Gasteiger partial charge in [0.25, 0.3) is 0 Å². The van der Waals surface area contributed by atoms with E-state index in [-0.39, 0.29) is 11.1 Å². The molecule has 0 aliphatic rings. The summed E-state index contributed by atoms with van der Waals surface area (Å²) in [5.41, 5.74) is 0.214. The molecule has 0 saturated heterocycles. The van der Waals surface area contributed by atoms with Gasteiger partial charge in [-0.25, -0.2) is 17.6 Å². The normalized spacial score (nSPS) is 12.4. The summed E-state index contributed by atoms with van der Waals surface area (Å²) < 4.78 is 53.7. The number of nitrogens with one attached hydrogen (secondary N) is 1. The second-order valence-electron chi connectivity index (χ2n) is 4.36. The SMILES string of the molecule is CCNC(c1cc(F)cc(F)c1)c1cc(F)ccc1F. The smallest absolute Gasteiger partial charge is 0.128 e. The van der Waals surface area contributed by atoms with Crippen LogP contribution in [0.3, 0.4) is 0 Å². The van der Waals surface area contributed by atoms with Crippen molar-refractivity contribution in [3.63, 3.8) is 0 Å². The van der Waals surface area contributed by atoms with Gasteiger partial charge in [-0.05, 0) is 42.4 Å². The molecular formula is C15H13F4N.